The lowest BCUT2D eigenvalue weighted by Crippen LogP contribution is -2.46. The van der Waals surface area contributed by atoms with Crippen LogP contribution in [0.4, 0.5) is 26.2 Å². The van der Waals surface area contributed by atoms with Gasteiger partial charge in [-0.1, -0.05) is 12.2 Å². The molecule has 5 rings (SSSR count). The van der Waals surface area contributed by atoms with Crippen LogP contribution in [0.15, 0.2) is 36.5 Å². The van der Waals surface area contributed by atoms with Crippen LogP contribution in [0.25, 0.3) is 11.9 Å². The molecule has 2 aliphatic rings. The van der Waals surface area contributed by atoms with Crippen molar-refractivity contribution in [1.82, 2.24) is 24.6 Å². The zero-order valence-corrected chi connectivity index (χ0v) is 20.5. The monoisotopic (exact) mass is 512 g/mol. The van der Waals surface area contributed by atoms with Gasteiger partial charge in [0, 0.05) is 69.2 Å². The molecular formula is C25H30F2N8O2. The molecule has 2 saturated heterocycles. The second kappa shape index (κ2) is 10.4. The molecule has 0 spiro atoms. The summed E-state index contributed by atoms with van der Waals surface area (Å²) in [4.78, 5) is 14.6. The topological polar surface area (TPSA) is 120 Å². The number of anilines is 3. The second-order valence-electron chi connectivity index (χ2n) is 9.40. The van der Waals surface area contributed by atoms with Crippen LogP contribution in [0.2, 0.25) is 0 Å². The predicted molar refractivity (Wildman–Crippen MR) is 137 cm³/mol. The number of rotatable bonds is 6. The predicted octanol–water partition coefficient (Wildman–Crippen LogP) is 1.21. The molecule has 2 aromatic heterocycles. The number of aliphatic hydroxyl groups is 2. The number of aromatic nitrogens is 4. The maximum Gasteiger partial charge on any atom is 0.224 e. The molecule has 10 nitrogen and oxygen atoms in total. The van der Waals surface area contributed by atoms with Crippen molar-refractivity contribution < 1.29 is 19.0 Å². The van der Waals surface area contributed by atoms with E-state index in [2.05, 4.69) is 26.0 Å². The highest BCUT2D eigenvalue weighted by atomic mass is 19.1. The maximum absolute atomic E-state index is 13.5. The lowest BCUT2D eigenvalue weighted by atomic mass is 10.2. The fourth-order valence-corrected chi connectivity index (χ4v) is 4.72. The molecule has 0 bridgehead atoms. The van der Waals surface area contributed by atoms with Crippen LogP contribution in [0.1, 0.15) is 11.3 Å². The molecule has 4 N–H and O–H groups in total. The number of halogens is 2. The molecule has 0 amide bonds. The summed E-state index contributed by atoms with van der Waals surface area (Å²) < 4.78 is 28.8. The quantitative estimate of drug-likeness (QED) is 0.448. The third kappa shape index (κ3) is 5.55. The van der Waals surface area contributed by atoms with E-state index in [9.17, 15) is 19.0 Å². The molecule has 1 aromatic carbocycles. The summed E-state index contributed by atoms with van der Waals surface area (Å²) >= 11 is 0. The van der Waals surface area contributed by atoms with Gasteiger partial charge in [-0.2, -0.15) is 15.1 Å². The van der Waals surface area contributed by atoms with Crippen molar-refractivity contribution in [3.05, 3.63) is 59.4 Å². The molecule has 2 fully saturated rings. The molecule has 0 saturated carbocycles. The third-order valence-electron chi connectivity index (χ3n) is 6.81. The van der Waals surface area contributed by atoms with Crippen molar-refractivity contribution in [3.8, 4) is 5.82 Å². The highest BCUT2D eigenvalue weighted by molar-refractivity contribution is 5.54. The summed E-state index contributed by atoms with van der Waals surface area (Å²) in [6, 6.07) is 5.35. The Morgan fingerprint density at radius 3 is 2.27 bits per heavy atom. The number of piperazine rings is 1. The summed E-state index contributed by atoms with van der Waals surface area (Å²) in [5, 5.41) is 24.2. The fourth-order valence-electron chi connectivity index (χ4n) is 4.72. The highest BCUT2D eigenvalue weighted by Gasteiger charge is 2.31. The first-order valence-corrected chi connectivity index (χ1v) is 12.2. The SMILES string of the molecule is Cc1c(/C=C/CN2CCN(c3cc(F)cc(F)c3)CC2)cnn1-c1cc(N2C[C@@H](O)[C@H](O)C2)nc(N)n1. The summed E-state index contributed by atoms with van der Waals surface area (Å²) in [7, 11) is 0. The molecule has 2 aliphatic heterocycles. The van der Waals surface area contributed by atoms with Crippen molar-refractivity contribution in [2.75, 3.05) is 61.3 Å². The Hall–Kier alpha value is -3.61. The Labute approximate surface area is 213 Å². The molecule has 37 heavy (non-hydrogen) atoms. The van der Waals surface area contributed by atoms with Gasteiger partial charge >= 0.3 is 0 Å². The zero-order valence-electron chi connectivity index (χ0n) is 20.5. The number of nitrogens with two attached hydrogens (primary N) is 1. The standard InChI is InChI=1S/C25H30F2N8O2/c1-16-17(3-2-4-32-5-7-33(8-6-32)20-10-18(26)9-19(27)11-20)13-29-35(16)24-12-23(30-25(28)31-24)34-14-21(36)22(37)15-34/h2-3,9-13,21-22,36-37H,4-8,14-15H2,1H3,(H2,28,30,31)/b3-2+/t21-,22-/m1/s1. The van der Waals surface area contributed by atoms with Crippen LogP contribution >= 0.6 is 0 Å². The second-order valence-corrected chi connectivity index (χ2v) is 9.40. The first kappa shape index (κ1) is 25.1. The number of β-amino-alcohol motifs (C(OH)–C–C–N with tert-alkyl or cyclic N) is 2. The lowest BCUT2D eigenvalue weighted by molar-refractivity contribution is 0.0572. The van der Waals surface area contributed by atoms with Gasteiger partial charge in [-0.05, 0) is 19.1 Å². The van der Waals surface area contributed by atoms with E-state index in [0.717, 1.165) is 37.0 Å². The minimum Gasteiger partial charge on any atom is -0.389 e. The molecule has 3 aromatic rings. The van der Waals surface area contributed by atoms with E-state index in [1.54, 1.807) is 21.8 Å². The molecule has 196 valence electrons. The van der Waals surface area contributed by atoms with Crippen molar-refractivity contribution in [1.29, 1.82) is 0 Å². The molecule has 2 atom stereocenters. The van der Waals surface area contributed by atoms with Gasteiger partial charge < -0.3 is 25.7 Å². The maximum atomic E-state index is 13.5. The molecule has 0 radical (unpaired) electrons. The van der Waals surface area contributed by atoms with E-state index in [4.69, 9.17) is 5.73 Å². The van der Waals surface area contributed by atoms with E-state index in [0.29, 0.717) is 30.4 Å². The van der Waals surface area contributed by atoms with E-state index in [1.807, 2.05) is 17.9 Å². The fraction of sp³-hybridized carbons (Fsp3) is 0.400. The van der Waals surface area contributed by atoms with Crippen molar-refractivity contribution in [2.45, 2.75) is 19.1 Å². The molecular weight excluding hydrogens is 482 g/mol. The zero-order chi connectivity index (χ0) is 26.1. The van der Waals surface area contributed by atoms with E-state index in [1.165, 1.54) is 12.1 Å². The Bertz CT molecular complexity index is 1260. The average molecular weight is 513 g/mol. The molecule has 12 heteroatoms. The van der Waals surface area contributed by atoms with Gasteiger partial charge in [0.05, 0.1) is 24.1 Å². The third-order valence-corrected chi connectivity index (χ3v) is 6.81. The minimum atomic E-state index is -0.838. The molecule has 0 aliphatic carbocycles. The summed E-state index contributed by atoms with van der Waals surface area (Å²) in [6.07, 6.45) is 4.15. The van der Waals surface area contributed by atoms with Gasteiger partial charge in [-0.15, -0.1) is 0 Å². The first-order chi connectivity index (χ1) is 17.8. The molecule has 4 heterocycles. The van der Waals surface area contributed by atoms with Crippen molar-refractivity contribution in [2.24, 2.45) is 0 Å². The molecule has 0 unspecified atom stereocenters. The number of hydrogen-bond acceptors (Lipinski definition) is 9. The van der Waals surface area contributed by atoms with Gasteiger partial charge in [-0.25, -0.2) is 13.5 Å². The number of benzene rings is 1. The van der Waals surface area contributed by atoms with Gasteiger partial charge in [-0.3, -0.25) is 4.90 Å². The van der Waals surface area contributed by atoms with Crippen LogP contribution < -0.4 is 15.5 Å². The van der Waals surface area contributed by atoms with Crippen LogP contribution in [0.3, 0.4) is 0 Å². The van der Waals surface area contributed by atoms with Crippen LogP contribution in [0.5, 0.6) is 0 Å². The van der Waals surface area contributed by atoms with E-state index in [-0.39, 0.29) is 19.0 Å². The number of aliphatic hydroxyl groups excluding tert-OH is 2. The van der Waals surface area contributed by atoms with Gasteiger partial charge in [0.1, 0.15) is 17.5 Å². The number of nitrogen functional groups attached to an aromatic ring is 1. The Morgan fingerprint density at radius 2 is 1.59 bits per heavy atom. The smallest absolute Gasteiger partial charge is 0.224 e. The summed E-state index contributed by atoms with van der Waals surface area (Å²) in [6.45, 7) is 6.14. The van der Waals surface area contributed by atoms with Gasteiger partial charge in [0.15, 0.2) is 5.82 Å². The van der Waals surface area contributed by atoms with Crippen LogP contribution in [0, 0.1) is 18.6 Å². The first-order valence-electron chi connectivity index (χ1n) is 12.2. The van der Waals surface area contributed by atoms with Crippen molar-refractivity contribution >= 4 is 23.5 Å². The number of nitrogens with zero attached hydrogens (tertiary/aromatic N) is 7. The average Bonchev–Trinajstić information content (AvgIpc) is 3.40. The van der Waals surface area contributed by atoms with Gasteiger partial charge in [0.2, 0.25) is 5.95 Å². The number of hydrogen-bond donors (Lipinski definition) is 3. The highest BCUT2D eigenvalue weighted by Crippen LogP contribution is 2.23. The Balaban J connectivity index is 1.21. The largest absolute Gasteiger partial charge is 0.389 e. The minimum absolute atomic E-state index is 0.0792. The summed E-state index contributed by atoms with van der Waals surface area (Å²) in [5.41, 5.74) is 8.32. The Morgan fingerprint density at radius 1 is 0.946 bits per heavy atom. The lowest BCUT2D eigenvalue weighted by Gasteiger charge is -2.35. The normalized spacial score (nSPS) is 20.9. The Kier molecular flexibility index (Phi) is 7.04. The summed E-state index contributed by atoms with van der Waals surface area (Å²) in [5.74, 6) is -0.0299. The van der Waals surface area contributed by atoms with E-state index < -0.39 is 23.8 Å². The van der Waals surface area contributed by atoms with Crippen molar-refractivity contribution in [3.63, 3.8) is 0 Å². The van der Waals surface area contributed by atoms with Crippen LogP contribution in [-0.4, -0.2) is 92.9 Å². The van der Waals surface area contributed by atoms with E-state index >= 15 is 0 Å². The van der Waals surface area contributed by atoms with Crippen LogP contribution in [-0.2, 0) is 0 Å². The van der Waals surface area contributed by atoms with Gasteiger partial charge in [0.25, 0.3) is 0 Å².